The summed E-state index contributed by atoms with van der Waals surface area (Å²) in [4.78, 5) is 9.94. The first-order valence-corrected chi connectivity index (χ1v) is 3.92. The number of hydrogen-bond acceptors (Lipinski definition) is 4. The molecule has 0 aliphatic heterocycles. The largest absolute Gasteiger partial charge is 0.439 e. The molecule has 0 amide bonds. The zero-order valence-corrected chi connectivity index (χ0v) is 5.97. The number of carbonyl (C=O) groups excluding carboxylic acids is 1. The third-order valence-electron chi connectivity index (χ3n) is 0.959. The van der Waals surface area contributed by atoms with Gasteiger partial charge in [-0.1, -0.05) is 3.89 Å². The molecular formula is C5H3FO4S. The second-order valence-electron chi connectivity index (χ2n) is 1.71. The maximum Gasteiger partial charge on any atom is 0.365 e. The van der Waals surface area contributed by atoms with Gasteiger partial charge in [-0.25, -0.2) is 0 Å². The minimum absolute atomic E-state index is 0.221. The van der Waals surface area contributed by atoms with Gasteiger partial charge in [0.05, 0.1) is 0 Å². The van der Waals surface area contributed by atoms with E-state index in [2.05, 4.69) is 4.42 Å². The Morgan fingerprint density at radius 2 is 2.09 bits per heavy atom. The Morgan fingerprint density at radius 3 is 2.36 bits per heavy atom. The fraction of sp³-hybridized carbons (Fsp3) is 0. The van der Waals surface area contributed by atoms with E-state index in [0.717, 1.165) is 12.1 Å². The van der Waals surface area contributed by atoms with Crippen LogP contribution in [-0.4, -0.2) is 14.7 Å². The summed E-state index contributed by atoms with van der Waals surface area (Å²) in [6.07, 6.45) is 0.286. The molecular weight excluding hydrogens is 175 g/mol. The summed E-state index contributed by atoms with van der Waals surface area (Å²) in [5.74, 6) is -0.221. The van der Waals surface area contributed by atoms with E-state index in [0.29, 0.717) is 0 Å². The van der Waals surface area contributed by atoms with Crippen LogP contribution < -0.4 is 0 Å². The van der Waals surface area contributed by atoms with Crippen LogP contribution in [0.15, 0.2) is 21.6 Å². The lowest BCUT2D eigenvalue weighted by Gasteiger charge is -1.83. The molecule has 1 heterocycles. The Balaban J connectivity index is 3.18. The summed E-state index contributed by atoms with van der Waals surface area (Å²) in [6.45, 7) is 0. The molecule has 11 heavy (non-hydrogen) atoms. The van der Waals surface area contributed by atoms with E-state index in [9.17, 15) is 17.1 Å². The van der Waals surface area contributed by atoms with Crippen LogP contribution in [0.1, 0.15) is 10.6 Å². The Labute approximate surface area is 61.8 Å². The molecule has 0 N–H and O–H groups in total. The van der Waals surface area contributed by atoms with Crippen molar-refractivity contribution >= 4 is 16.5 Å². The van der Waals surface area contributed by atoms with Crippen molar-refractivity contribution in [3.05, 3.63) is 17.9 Å². The van der Waals surface area contributed by atoms with Crippen LogP contribution in [-0.2, 0) is 10.2 Å². The van der Waals surface area contributed by atoms with Gasteiger partial charge in [0.15, 0.2) is 12.0 Å². The maximum absolute atomic E-state index is 12.0. The molecule has 0 spiro atoms. The Bertz CT molecular complexity index is 364. The summed E-state index contributed by atoms with van der Waals surface area (Å²) < 4.78 is 36.5. The summed E-state index contributed by atoms with van der Waals surface area (Å²) in [6, 6.07) is 1.94. The monoisotopic (exact) mass is 178 g/mol. The summed E-state index contributed by atoms with van der Waals surface area (Å²) >= 11 is 0. The molecule has 0 radical (unpaired) electrons. The molecule has 0 bridgehead atoms. The normalized spacial score (nSPS) is 11.4. The SMILES string of the molecule is O=Cc1ccc(S(=O)(=O)F)o1. The van der Waals surface area contributed by atoms with Crippen LogP contribution >= 0.6 is 0 Å². The first kappa shape index (κ1) is 7.93. The van der Waals surface area contributed by atoms with Gasteiger partial charge in [-0.05, 0) is 12.1 Å². The van der Waals surface area contributed by atoms with Crippen molar-refractivity contribution in [2.24, 2.45) is 0 Å². The van der Waals surface area contributed by atoms with E-state index in [-0.39, 0.29) is 12.0 Å². The number of furan rings is 1. The molecule has 0 aliphatic rings. The molecule has 0 atom stereocenters. The molecule has 1 rings (SSSR count). The van der Waals surface area contributed by atoms with Crippen LogP contribution in [0.3, 0.4) is 0 Å². The minimum atomic E-state index is -4.82. The Morgan fingerprint density at radius 1 is 1.45 bits per heavy atom. The van der Waals surface area contributed by atoms with Crippen molar-refractivity contribution in [3.8, 4) is 0 Å². The smallest absolute Gasteiger partial charge is 0.365 e. The van der Waals surface area contributed by atoms with E-state index in [4.69, 9.17) is 0 Å². The van der Waals surface area contributed by atoms with Crippen molar-refractivity contribution in [2.75, 3.05) is 0 Å². The molecule has 60 valence electrons. The van der Waals surface area contributed by atoms with Gasteiger partial charge < -0.3 is 4.42 Å². The topological polar surface area (TPSA) is 64.3 Å². The third kappa shape index (κ3) is 1.64. The first-order valence-electron chi connectivity index (χ1n) is 2.54. The van der Waals surface area contributed by atoms with Crippen molar-refractivity contribution in [1.82, 2.24) is 0 Å². The predicted octanol–water partition coefficient (Wildman–Crippen LogP) is 0.750. The highest BCUT2D eigenvalue weighted by molar-refractivity contribution is 7.86. The fourth-order valence-electron chi connectivity index (χ4n) is 0.529. The number of halogens is 1. The van der Waals surface area contributed by atoms with Crippen LogP contribution in [0, 0.1) is 0 Å². The van der Waals surface area contributed by atoms with Crippen molar-refractivity contribution < 1.29 is 21.5 Å². The van der Waals surface area contributed by atoms with Gasteiger partial charge >= 0.3 is 10.2 Å². The second-order valence-corrected chi connectivity index (χ2v) is 2.99. The molecule has 0 aliphatic carbocycles. The van der Waals surface area contributed by atoms with E-state index in [1.54, 1.807) is 0 Å². The standard InChI is InChI=1S/C5H3FO4S/c6-11(8,9)5-2-1-4(3-7)10-5/h1-3H. The molecule has 0 saturated heterocycles. The number of hydrogen-bond donors (Lipinski definition) is 0. The van der Waals surface area contributed by atoms with E-state index >= 15 is 0 Å². The van der Waals surface area contributed by atoms with E-state index in [1.165, 1.54) is 0 Å². The molecule has 0 aromatic carbocycles. The molecule has 1 aromatic rings. The van der Waals surface area contributed by atoms with Crippen LogP contribution in [0.4, 0.5) is 3.89 Å². The van der Waals surface area contributed by atoms with Gasteiger partial charge in [0.2, 0.25) is 5.09 Å². The highest BCUT2D eigenvalue weighted by Crippen LogP contribution is 2.14. The third-order valence-corrected chi connectivity index (χ3v) is 1.66. The quantitative estimate of drug-likeness (QED) is 0.495. The van der Waals surface area contributed by atoms with Gasteiger partial charge in [-0.15, -0.1) is 0 Å². The second kappa shape index (κ2) is 2.46. The average Bonchev–Trinajstić information content (AvgIpc) is 2.32. The lowest BCUT2D eigenvalue weighted by molar-refractivity contribution is 0.109. The number of carbonyl (C=O) groups is 1. The van der Waals surface area contributed by atoms with E-state index < -0.39 is 15.3 Å². The molecule has 0 saturated carbocycles. The van der Waals surface area contributed by atoms with Crippen molar-refractivity contribution in [1.29, 1.82) is 0 Å². The summed E-state index contributed by atoms with van der Waals surface area (Å²) in [5.41, 5.74) is 0. The zero-order chi connectivity index (χ0) is 8.48. The maximum atomic E-state index is 12.0. The minimum Gasteiger partial charge on any atom is -0.439 e. The summed E-state index contributed by atoms with van der Waals surface area (Å²) in [7, 11) is -4.82. The van der Waals surface area contributed by atoms with Gasteiger partial charge in [-0.2, -0.15) is 8.42 Å². The molecule has 0 unspecified atom stereocenters. The molecule has 4 nitrogen and oxygen atoms in total. The Kier molecular flexibility index (Phi) is 1.77. The number of rotatable bonds is 2. The molecule has 6 heteroatoms. The number of aldehydes is 1. The lowest BCUT2D eigenvalue weighted by atomic mass is 10.5. The van der Waals surface area contributed by atoms with Gasteiger partial charge in [0.1, 0.15) is 0 Å². The van der Waals surface area contributed by atoms with Crippen molar-refractivity contribution in [2.45, 2.75) is 5.09 Å². The summed E-state index contributed by atoms with van der Waals surface area (Å²) in [5, 5.41) is -0.848. The first-order chi connectivity index (χ1) is 5.04. The Hall–Kier alpha value is -1.17. The van der Waals surface area contributed by atoms with E-state index in [1.807, 2.05) is 0 Å². The van der Waals surface area contributed by atoms with Crippen LogP contribution in [0.25, 0.3) is 0 Å². The molecule has 1 aromatic heterocycles. The van der Waals surface area contributed by atoms with Crippen LogP contribution in [0.5, 0.6) is 0 Å². The van der Waals surface area contributed by atoms with Gasteiger partial charge in [0, 0.05) is 0 Å². The average molecular weight is 178 g/mol. The highest BCUT2D eigenvalue weighted by Gasteiger charge is 2.16. The van der Waals surface area contributed by atoms with Gasteiger partial charge in [0.25, 0.3) is 0 Å². The molecule has 0 fully saturated rings. The van der Waals surface area contributed by atoms with Crippen LogP contribution in [0.2, 0.25) is 0 Å². The highest BCUT2D eigenvalue weighted by atomic mass is 32.3. The lowest BCUT2D eigenvalue weighted by Crippen LogP contribution is -1.87. The van der Waals surface area contributed by atoms with Gasteiger partial charge in [-0.3, -0.25) is 4.79 Å². The predicted molar refractivity (Wildman–Crippen MR) is 32.4 cm³/mol. The fourth-order valence-corrected chi connectivity index (χ4v) is 0.955. The van der Waals surface area contributed by atoms with Crippen molar-refractivity contribution in [3.63, 3.8) is 0 Å². The zero-order valence-electron chi connectivity index (χ0n) is 5.15.